The first-order valence-corrected chi connectivity index (χ1v) is 11.0. The van der Waals surface area contributed by atoms with Crippen molar-refractivity contribution in [2.45, 2.75) is 52.6 Å². The maximum Gasteiger partial charge on any atom is 0.286 e. The number of nitrogens with zero attached hydrogens (tertiary/aromatic N) is 3. The average Bonchev–Trinajstić information content (AvgIpc) is 3.17. The van der Waals surface area contributed by atoms with E-state index in [0.29, 0.717) is 11.6 Å². The van der Waals surface area contributed by atoms with E-state index in [9.17, 15) is 9.59 Å². The number of carbonyl (C=O) groups excluding carboxylic acids is 2. The van der Waals surface area contributed by atoms with Gasteiger partial charge in [-0.2, -0.15) is 0 Å². The highest BCUT2D eigenvalue weighted by Gasteiger charge is 2.26. The van der Waals surface area contributed by atoms with E-state index in [1.807, 2.05) is 38.1 Å². The Kier molecular flexibility index (Phi) is 7.33. The summed E-state index contributed by atoms with van der Waals surface area (Å²) in [7, 11) is 0. The molecule has 7 nitrogen and oxygen atoms in total. The fourth-order valence-corrected chi connectivity index (χ4v) is 4.14. The minimum absolute atomic E-state index is 0.0866. The van der Waals surface area contributed by atoms with E-state index in [-0.39, 0.29) is 23.8 Å². The van der Waals surface area contributed by atoms with Crippen molar-refractivity contribution in [1.29, 1.82) is 0 Å². The lowest BCUT2D eigenvalue weighted by Crippen LogP contribution is -2.42. The monoisotopic (exact) mass is 415 g/mol. The maximum absolute atomic E-state index is 12.4. The summed E-state index contributed by atoms with van der Waals surface area (Å²) < 4.78 is 0. The Balaban J connectivity index is 1.49. The topological polar surface area (TPSA) is 87.2 Å². The molecule has 0 aliphatic carbocycles. The summed E-state index contributed by atoms with van der Waals surface area (Å²) in [5.41, 5.74) is 1.98. The number of likely N-dealkylation sites (tertiary alicyclic amines) is 1. The first-order valence-electron chi connectivity index (χ1n) is 10.2. The van der Waals surface area contributed by atoms with Crippen molar-refractivity contribution in [1.82, 2.24) is 20.4 Å². The van der Waals surface area contributed by atoms with Gasteiger partial charge in [-0.25, -0.2) is 0 Å². The predicted octanol–water partition coefficient (Wildman–Crippen LogP) is 3.09. The fraction of sp³-hybridized carbons (Fsp3) is 0.524. The van der Waals surface area contributed by atoms with Crippen molar-refractivity contribution in [3.8, 4) is 0 Å². The number of rotatable bonds is 7. The molecule has 2 N–H and O–H groups in total. The second kappa shape index (κ2) is 9.93. The number of amides is 2. The number of hydrogen-bond acceptors (Lipinski definition) is 6. The molecule has 0 atom stereocenters. The summed E-state index contributed by atoms with van der Waals surface area (Å²) in [6.45, 7) is 8.42. The number of aryl methyl sites for hydroxylation is 1. The molecule has 0 bridgehead atoms. The predicted molar refractivity (Wildman–Crippen MR) is 115 cm³/mol. The quantitative estimate of drug-likeness (QED) is 0.726. The van der Waals surface area contributed by atoms with Crippen molar-refractivity contribution in [3.63, 3.8) is 0 Å². The summed E-state index contributed by atoms with van der Waals surface area (Å²) in [5.74, 6) is 0.00654. The van der Waals surface area contributed by atoms with Crippen molar-refractivity contribution in [2.75, 3.05) is 18.4 Å². The lowest BCUT2D eigenvalue weighted by Gasteiger charge is -2.30. The first-order chi connectivity index (χ1) is 13.9. The van der Waals surface area contributed by atoms with E-state index in [2.05, 4.69) is 32.7 Å². The third-order valence-electron chi connectivity index (χ3n) is 5.03. The molecular formula is C21H29N5O2S. The van der Waals surface area contributed by atoms with E-state index in [1.54, 1.807) is 0 Å². The van der Waals surface area contributed by atoms with Crippen LogP contribution in [0.5, 0.6) is 0 Å². The summed E-state index contributed by atoms with van der Waals surface area (Å²) in [5, 5.41) is 15.3. The van der Waals surface area contributed by atoms with Crippen molar-refractivity contribution in [2.24, 2.45) is 5.92 Å². The second-order valence-corrected chi connectivity index (χ2v) is 8.78. The zero-order valence-corrected chi connectivity index (χ0v) is 18.1. The van der Waals surface area contributed by atoms with Gasteiger partial charge < -0.3 is 10.6 Å². The van der Waals surface area contributed by atoms with Crippen molar-refractivity contribution >= 4 is 28.8 Å². The molecular weight excluding hydrogens is 386 g/mol. The molecule has 1 aromatic carbocycles. The highest BCUT2D eigenvalue weighted by molar-refractivity contribution is 7.13. The molecule has 1 aromatic heterocycles. The van der Waals surface area contributed by atoms with Crippen LogP contribution in [0, 0.1) is 5.92 Å². The Bertz CT molecular complexity index is 826. The van der Waals surface area contributed by atoms with Gasteiger partial charge in [0.1, 0.15) is 5.01 Å². The summed E-state index contributed by atoms with van der Waals surface area (Å²) >= 11 is 1.32. The SMILES string of the molecule is CCc1ccc(NC(=O)c2nnc(CN3CCC(C(=O)NC(C)C)CC3)s2)cc1. The van der Waals surface area contributed by atoms with Crippen LogP contribution in [-0.4, -0.2) is 46.0 Å². The van der Waals surface area contributed by atoms with E-state index in [1.165, 1.54) is 16.9 Å². The minimum Gasteiger partial charge on any atom is -0.354 e. The molecule has 0 radical (unpaired) electrons. The van der Waals surface area contributed by atoms with Crippen LogP contribution in [0.4, 0.5) is 5.69 Å². The number of carbonyl (C=O) groups is 2. The van der Waals surface area contributed by atoms with Crippen LogP contribution in [0.2, 0.25) is 0 Å². The highest BCUT2D eigenvalue weighted by atomic mass is 32.1. The van der Waals surface area contributed by atoms with E-state index in [4.69, 9.17) is 0 Å². The number of aromatic nitrogens is 2. The first kappa shape index (κ1) is 21.4. The van der Waals surface area contributed by atoms with Gasteiger partial charge in [-0.05, 0) is 63.9 Å². The second-order valence-electron chi connectivity index (χ2n) is 7.72. The van der Waals surface area contributed by atoms with E-state index >= 15 is 0 Å². The van der Waals surface area contributed by atoms with Gasteiger partial charge in [0.2, 0.25) is 10.9 Å². The molecule has 1 aliphatic heterocycles. The molecule has 29 heavy (non-hydrogen) atoms. The Labute approximate surface area is 175 Å². The zero-order valence-electron chi connectivity index (χ0n) is 17.3. The number of anilines is 1. The third kappa shape index (κ3) is 6.08. The summed E-state index contributed by atoms with van der Waals surface area (Å²) in [4.78, 5) is 26.8. The molecule has 2 aromatic rings. The van der Waals surface area contributed by atoms with Gasteiger partial charge in [0.15, 0.2) is 0 Å². The molecule has 1 saturated heterocycles. The molecule has 1 fully saturated rings. The van der Waals surface area contributed by atoms with Crippen molar-refractivity contribution in [3.05, 3.63) is 39.8 Å². The molecule has 0 saturated carbocycles. The van der Waals surface area contributed by atoms with Crippen LogP contribution >= 0.6 is 11.3 Å². The number of nitrogens with one attached hydrogen (secondary N) is 2. The van der Waals surface area contributed by atoms with Crippen molar-refractivity contribution < 1.29 is 9.59 Å². The van der Waals surface area contributed by atoms with Crippen LogP contribution in [0.3, 0.4) is 0 Å². The van der Waals surface area contributed by atoms with Gasteiger partial charge in [-0.1, -0.05) is 30.4 Å². The number of benzene rings is 1. The smallest absolute Gasteiger partial charge is 0.286 e. The fourth-order valence-electron chi connectivity index (χ4n) is 3.36. The number of hydrogen-bond donors (Lipinski definition) is 2. The van der Waals surface area contributed by atoms with Crippen LogP contribution in [-0.2, 0) is 17.8 Å². The maximum atomic E-state index is 12.4. The lowest BCUT2D eigenvalue weighted by molar-refractivity contribution is -0.127. The van der Waals surface area contributed by atoms with Crippen LogP contribution in [0.25, 0.3) is 0 Å². The van der Waals surface area contributed by atoms with E-state index < -0.39 is 0 Å². The van der Waals surface area contributed by atoms with Crippen LogP contribution in [0.1, 0.15) is 54.0 Å². The molecule has 1 aliphatic rings. The van der Waals surface area contributed by atoms with Gasteiger partial charge in [0.25, 0.3) is 5.91 Å². The van der Waals surface area contributed by atoms with Gasteiger partial charge in [-0.15, -0.1) is 10.2 Å². The van der Waals surface area contributed by atoms with Gasteiger partial charge in [0.05, 0.1) is 6.54 Å². The Morgan fingerprint density at radius 1 is 1.17 bits per heavy atom. The third-order valence-corrected chi connectivity index (χ3v) is 5.94. The van der Waals surface area contributed by atoms with Crippen LogP contribution < -0.4 is 10.6 Å². The molecule has 3 rings (SSSR count). The van der Waals surface area contributed by atoms with Gasteiger partial charge >= 0.3 is 0 Å². The molecule has 2 heterocycles. The largest absolute Gasteiger partial charge is 0.354 e. The molecule has 8 heteroatoms. The standard InChI is InChI=1S/C21H29N5O2S/c1-4-15-5-7-17(8-6-15)23-20(28)21-25-24-18(29-21)13-26-11-9-16(10-12-26)19(27)22-14(2)3/h5-8,14,16H,4,9-13H2,1-3H3,(H,22,27)(H,23,28). The minimum atomic E-state index is -0.234. The Hall–Kier alpha value is -2.32. The highest BCUT2D eigenvalue weighted by Crippen LogP contribution is 2.21. The van der Waals surface area contributed by atoms with Gasteiger partial charge in [-0.3, -0.25) is 14.5 Å². The summed E-state index contributed by atoms with van der Waals surface area (Å²) in [6.07, 6.45) is 2.66. The average molecular weight is 416 g/mol. The molecule has 0 spiro atoms. The van der Waals surface area contributed by atoms with E-state index in [0.717, 1.165) is 43.0 Å². The normalized spacial score (nSPS) is 15.4. The van der Waals surface area contributed by atoms with Crippen LogP contribution in [0.15, 0.2) is 24.3 Å². The Morgan fingerprint density at radius 3 is 2.48 bits per heavy atom. The van der Waals surface area contributed by atoms with Gasteiger partial charge in [0, 0.05) is 17.6 Å². The summed E-state index contributed by atoms with van der Waals surface area (Å²) in [6, 6.07) is 7.99. The lowest BCUT2D eigenvalue weighted by atomic mass is 9.95. The zero-order chi connectivity index (χ0) is 20.8. The molecule has 156 valence electrons. The molecule has 2 amide bonds. The molecule has 0 unspecified atom stereocenters. The number of piperidine rings is 1. The Morgan fingerprint density at radius 2 is 1.86 bits per heavy atom.